The van der Waals surface area contributed by atoms with E-state index in [-0.39, 0.29) is 5.54 Å². The lowest BCUT2D eigenvalue weighted by atomic mass is 9.82. The molecule has 2 fully saturated rings. The van der Waals surface area contributed by atoms with Crippen LogP contribution in [0.4, 0.5) is 5.82 Å². The van der Waals surface area contributed by atoms with E-state index in [0.717, 1.165) is 18.8 Å². The summed E-state index contributed by atoms with van der Waals surface area (Å²) in [5, 5.41) is 1.44. The normalized spacial score (nSPS) is 24.0. The maximum Gasteiger partial charge on any atom is 0.110 e. The van der Waals surface area contributed by atoms with Gasteiger partial charge in [-0.1, -0.05) is 18.9 Å². The molecule has 0 radical (unpaired) electrons. The monoisotopic (exact) mass is 281 g/mol. The molecule has 3 aliphatic heterocycles. The van der Waals surface area contributed by atoms with Crippen LogP contribution in [-0.4, -0.2) is 18.1 Å². The molecule has 2 aromatic rings. The summed E-state index contributed by atoms with van der Waals surface area (Å²) >= 11 is 0. The second-order valence-corrected chi connectivity index (χ2v) is 7.27. The van der Waals surface area contributed by atoms with Gasteiger partial charge in [0.1, 0.15) is 5.82 Å². The fourth-order valence-electron chi connectivity index (χ4n) is 4.86. The number of rotatable bonds is 1. The van der Waals surface area contributed by atoms with Crippen molar-refractivity contribution >= 4 is 16.7 Å². The van der Waals surface area contributed by atoms with Gasteiger partial charge in [-0.15, -0.1) is 0 Å². The Labute approximate surface area is 125 Å². The molecule has 1 aromatic carbocycles. The maximum atomic E-state index is 6.67. The topological polar surface area (TPSA) is 45.1 Å². The molecule has 0 spiro atoms. The number of fused-ring (bicyclic) bond motifs is 3. The number of benzene rings is 1. The van der Waals surface area contributed by atoms with Crippen LogP contribution < -0.4 is 10.6 Å². The van der Waals surface area contributed by atoms with Gasteiger partial charge in [0.2, 0.25) is 0 Å². The van der Waals surface area contributed by atoms with Crippen LogP contribution in [0.1, 0.15) is 55.6 Å². The highest BCUT2D eigenvalue weighted by Gasteiger charge is 2.35. The molecule has 0 unspecified atom stereocenters. The fourth-order valence-corrected chi connectivity index (χ4v) is 4.86. The fraction of sp³-hybridized carbons (Fsp3) is 0.556. The number of piperidine rings is 1. The Morgan fingerprint density at radius 1 is 1.14 bits per heavy atom. The average molecular weight is 281 g/mol. The van der Waals surface area contributed by atoms with Crippen molar-refractivity contribution in [3.05, 3.63) is 29.3 Å². The minimum atomic E-state index is -0.0771. The van der Waals surface area contributed by atoms with Crippen molar-refractivity contribution in [3.8, 4) is 0 Å². The van der Waals surface area contributed by atoms with Gasteiger partial charge in [-0.25, -0.2) is 0 Å². The zero-order valence-corrected chi connectivity index (χ0v) is 12.5. The molecule has 6 rings (SSSR count). The first-order valence-electron chi connectivity index (χ1n) is 8.45. The zero-order valence-electron chi connectivity index (χ0n) is 12.5. The van der Waals surface area contributed by atoms with E-state index < -0.39 is 0 Å². The molecule has 4 aliphatic rings. The lowest BCUT2D eigenvalue weighted by Crippen LogP contribution is -2.38. The van der Waals surface area contributed by atoms with Gasteiger partial charge in [0.25, 0.3) is 0 Å². The van der Waals surface area contributed by atoms with Crippen molar-refractivity contribution in [2.45, 2.75) is 50.0 Å². The summed E-state index contributed by atoms with van der Waals surface area (Å²) in [6.07, 6.45) is 7.46. The molecule has 2 bridgehead atoms. The predicted molar refractivity (Wildman–Crippen MR) is 86.8 cm³/mol. The van der Waals surface area contributed by atoms with Crippen LogP contribution in [0.3, 0.4) is 0 Å². The third-order valence-electron chi connectivity index (χ3n) is 6.11. The summed E-state index contributed by atoms with van der Waals surface area (Å²) in [5.74, 6) is 2.15. The molecule has 3 nitrogen and oxygen atoms in total. The molecule has 21 heavy (non-hydrogen) atoms. The van der Waals surface area contributed by atoms with Crippen LogP contribution >= 0.6 is 0 Å². The van der Waals surface area contributed by atoms with Gasteiger partial charge in [-0.2, -0.15) is 0 Å². The molecule has 4 heterocycles. The predicted octanol–water partition coefficient (Wildman–Crippen LogP) is 3.59. The standard InChI is InChI=1S/C18H23N3/c19-18(7-1-2-8-18)13-3-4-15-14(11-13)16-12-5-9-21(10-6-12)17(16)20-15/h3-4,11-12,20H,1-2,5-10,19H2. The molecule has 110 valence electrons. The third-order valence-corrected chi connectivity index (χ3v) is 6.11. The van der Waals surface area contributed by atoms with Crippen LogP contribution in [0.2, 0.25) is 0 Å². The molecular weight excluding hydrogens is 258 g/mol. The van der Waals surface area contributed by atoms with Gasteiger partial charge in [0.15, 0.2) is 0 Å². The van der Waals surface area contributed by atoms with Crippen molar-refractivity contribution < 1.29 is 0 Å². The molecular formula is C18H23N3. The zero-order chi connectivity index (χ0) is 14.0. The molecule has 0 amide bonds. The highest BCUT2D eigenvalue weighted by molar-refractivity contribution is 5.91. The van der Waals surface area contributed by atoms with Gasteiger partial charge in [-0.3, -0.25) is 0 Å². The highest BCUT2D eigenvalue weighted by Crippen LogP contribution is 2.47. The number of hydrogen-bond acceptors (Lipinski definition) is 2. The summed E-state index contributed by atoms with van der Waals surface area (Å²) in [5.41, 5.74) is 10.8. The van der Waals surface area contributed by atoms with Crippen molar-refractivity contribution in [1.82, 2.24) is 4.98 Å². The number of nitrogens with one attached hydrogen (secondary N) is 1. The largest absolute Gasteiger partial charge is 0.358 e. The smallest absolute Gasteiger partial charge is 0.110 e. The molecule has 1 aliphatic carbocycles. The number of hydrogen-bond donors (Lipinski definition) is 2. The van der Waals surface area contributed by atoms with Crippen molar-refractivity contribution in [1.29, 1.82) is 0 Å². The van der Waals surface area contributed by atoms with E-state index in [4.69, 9.17) is 5.73 Å². The van der Waals surface area contributed by atoms with Crippen LogP contribution in [0.25, 0.3) is 10.9 Å². The number of aromatic nitrogens is 1. The molecule has 0 atom stereocenters. The lowest BCUT2D eigenvalue weighted by Gasteiger charge is -2.40. The Morgan fingerprint density at radius 3 is 2.67 bits per heavy atom. The van der Waals surface area contributed by atoms with Gasteiger partial charge >= 0.3 is 0 Å². The maximum absolute atomic E-state index is 6.67. The van der Waals surface area contributed by atoms with E-state index in [2.05, 4.69) is 28.1 Å². The number of anilines is 1. The Hall–Kier alpha value is -1.48. The van der Waals surface area contributed by atoms with Crippen molar-refractivity contribution in [2.75, 3.05) is 18.0 Å². The van der Waals surface area contributed by atoms with Crippen LogP contribution in [-0.2, 0) is 5.54 Å². The second-order valence-electron chi connectivity index (χ2n) is 7.27. The van der Waals surface area contributed by atoms with Crippen molar-refractivity contribution in [3.63, 3.8) is 0 Å². The molecule has 1 saturated carbocycles. The number of nitrogens with zero attached hydrogens (tertiary/aromatic N) is 1. The highest BCUT2D eigenvalue weighted by atomic mass is 15.2. The van der Waals surface area contributed by atoms with Crippen LogP contribution in [0.15, 0.2) is 18.2 Å². The van der Waals surface area contributed by atoms with Gasteiger partial charge < -0.3 is 15.6 Å². The first-order valence-corrected chi connectivity index (χ1v) is 8.45. The van der Waals surface area contributed by atoms with E-state index in [1.807, 2.05) is 0 Å². The summed E-state index contributed by atoms with van der Waals surface area (Å²) < 4.78 is 0. The first kappa shape index (κ1) is 12.1. The second kappa shape index (κ2) is 4.04. The lowest BCUT2D eigenvalue weighted by molar-refractivity contribution is 0.462. The molecule has 1 aromatic heterocycles. The van der Waals surface area contributed by atoms with E-state index in [0.29, 0.717) is 0 Å². The van der Waals surface area contributed by atoms with E-state index >= 15 is 0 Å². The third kappa shape index (κ3) is 1.58. The molecule has 1 saturated heterocycles. The summed E-state index contributed by atoms with van der Waals surface area (Å²) in [7, 11) is 0. The summed E-state index contributed by atoms with van der Waals surface area (Å²) in [6, 6.07) is 6.92. The first-order chi connectivity index (χ1) is 10.2. The van der Waals surface area contributed by atoms with E-state index in [1.54, 1.807) is 5.56 Å². The van der Waals surface area contributed by atoms with Crippen molar-refractivity contribution in [2.24, 2.45) is 5.73 Å². The average Bonchev–Trinajstić information content (AvgIpc) is 3.13. The van der Waals surface area contributed by atoms with E-state index in [1.165, 1.54) is 61.1 Å². The Balaban J connectivity index is 1.70. The summed E-state index contributed by atoms with van der Waals surface area (Å²) in [4.78, 5) is 6.19. The Morgan fingerprint density at radius 2 is 1.90 bits per heavy atom. The Kier molecular flexibility index (Phi) is 2.33. The molecule has 3 N–H and O–H groups in total. The minimum Gasteiger partial charge on any atom is -0.358 e. The molecule has 3 heteroatoms. The van der Waals surface area contributed by atoms with Crippen LogP contribution in [0.5, 0.6) is 0 Å². The van der Waals surface area contributed by atoms with Gasteiger partial charge in [0.05, 0.1) is 0 Å². The summed E-state index contributed by atoms with van der Waals surface area (Å²) in [6.45, 7) is 2.44. The minimum absolute atomic E-state index is 0.0771. The quantitative estimate of drug-likeness (QED) is 0.839. The Bertz CT molecular complexity index is 701. The van der Waals surface area contributed by atoms with E-state index in [9.17, 15) is 0 Å². The SMILES string of the molecule is NC1(c2ccc3[nH]c4c(c3c2)C2CCN4CC2)CCCC1. The number of H-pyrrole nitrogens is 1. The number of nitrogens with two attached hydrogens (primary N) is 1. The number of aromatic amines is 1. The van der Waals surface area contributed by atoms with Gasteiger partial charge in [0, 0.05) is 35.1 Å². The van der Waals surface area contributed by atoms with Crippen LogP contribution in [0, 0.1) is 0 Å². The van der Waals surface area contributed by atoms with Gasteiger partial charge in [-0.05, 0) is 49.3 Å².